The first-order chi connectivity index (χ1) is 32.3. The highest BCUT2D eigenvalue weighted by atomic mass is 15.0. The number of nitrogens with zero attached hydrogens (tertiary/aromatic N) is 2. The third kappa shape index (κ3) is 4.43. The van der Waals surface area contributed by atoms with Gasteiger partial charge in [-0.15, -0.1) is 0 Å². The predicted octanol–water partition coefficient (Wildman–Crippen LogP) is 12.9. The summed E-state index contributed by atoms with van der Waals surface area (Å²) in [7, 11) is 0. The summed E-state index contributed by atoms with van der Waals surface area (Å²) in [6.07, 6.45) is 0. The van der Waals surface area contributed by atoms with E-state index in [0.717, 1.165) is 0 Å². The standard InChI is InChI=1S/C48H32N2/c1-3-15-33(16-4-1)35-27-29-47-41(31-35)39-21-9-13-25-45(39)49(47)43-23-11-7-19-37(43)38-20-8-12-24-44(38)50-46-26-14-10-22-40(46)42-32-36(28-30-48(42)50)34-17-5-2-6-18-34/h1-32H/i1D,2D,3D,4D,5D,6D,9D,10D,13D,14D,15D,16D,17D,18D,21D,22D,25D,26D. The molecule has 2 nitrogen and oxygen atoms in total. The summed E-state index contributed by atoms with van der Waals surface area (Å²) in [6.45, 7) is 0. The van der Waals surface area contributed by atoms with Crippen LogP contribution in [0.3, 0.4) is 0 Å². The van der Waals surface area contributed by atoms with E-state index in [4.69, 9.17) is 21.9 Å². The Morgan fingerprint density at radius 2 is 0.720 bits per heavy atom. The third-order valence-electron chi connectivity index (χ3n) is 8.95. The van der Waals surface area contributed by atoms with Gasteiger partial charge < -0.3 is 9.13 Å². The maximum Gasteiger partial charge on any atom is 0.0645 e. The van der Waals surface area contributed by atoms with Crippen molar-refractivity contribution >= 4 is 43.6 Å². The lowest BCUT2D eigenvalue weighted by molar-refractivity contribution is 1.16. The molecule has 0 aliphatic rings. The van der Waals surface area contributed by atoms with Crippen LogP contribution in [0.1, 0.15) is 24.7 Å². The van der Waals surface area contributed by atoms with Crippen LogP contribution in [0.15, 0.2) is 194 Å². The topological polar surface area (TPSA) is 9.86 Å². The van der Waals surface area contributed by atoms with Crippen LogP contribution >= 0.6 is 0 Å². The lowest BCUT2D eigenvalue weighted by Gasteiger charge is -2.18. The maximum atomic E-state index is 9.28. The SMILES string of the molecule is [2H]c1c([2H])c([2H])c(-c2ccc3c(c2)c2c([2H])c([2H])c([2H])c([2H])c2n3-c2ccccc2-c2ccccc2-n2c3ccc(-c4c([2H])c([2H])c([2H])c([2H])c4[2H])cc3c3c([2H])c([2H])c([2H])c([2H])c32)c([2H])c1[2H]. The second kappa shape index (κ2) is 11.5. The maximum absolute atomic E-state index is 9.28. The highest BCUT2D eigenvalue weighted by Gasteiger charge is 2.20. The Kier molecular flexibility index (Phi) is 3.62. The molecule has 0 N–H and O–H groups in total. The number of benzene rings is 8. The van der Waals surface area contributed by atoms with Crippen LogP contribution in [0, 0.1) is 0 Å². The summed E-state index contributed by atoms with van der Waals surface area (Å²) >= 11 is 0. The first kappa shape index (κ1) is 15.7. The Morgan fingerprint density at radius 3 is 1.18 bits per heavy atom. The molecule has 0 aliphatic carbocycles. The molecule has 0 amide bonds. The molecular formula is C48H32N2. The zero-order valence-electron chi connectivity index (χ0n) is 44.0. The van der Waals surface area contributed by atoms with Crippen molar-refractivity contribution in [2.45, 2.75) is 0 Å². The van der Waals surface area contributed by atoms with E-state index in [-0.39, 0.29) is 68.2 Å². The van der Waals surface area contributed by atoms with E-state index in [0.29, 0.717) is 44.3 Å². The minimum absolute atomic E-state index is 0.0847. The summed E-state index contributed by atoms with van der Waals surface area (Å²) in [4.78, 5) is 0. The Hall–Kier alpha value is -6.64. The van der Waals surface area contributed by atoms with Gasteiger partial charge in [0.25, 0.3) is 0 Å². The van der Waals surface area contributed by atoms with Crippen LogP contribution in [0.4, 0.5) is 0 Å². The van der Waals surface area contributed by atoms with Crippen molar-refractivity contribution in [3.05, 3.63) is 194 Å². The molecule has 50 heavy (non-hydrogen) atoms. The quantitative estimate of drug-likeness (QED) is 0.175. The average molecular weight is 655 g/mol. The fourth-order valence-electron chi connectivity index (χ4n) is 6.83. The van der Waals surface area contributed by atoms with Gasteiger partial charge in [-0.25, -0.2) is 0 Å². The molecule has 0 bridgehead atoms. The molecule has 2 heterocycles. The van der Waals surface area contributed by atoms with Crippen LogP contribution in [-0.2, 0) is 0 Å². The molecule has 0 atom stereocenters. The zero-order valence-corrected chi connectivity index (χ0v) is 26.0. The number of fused-ring (bicyclic) bond motifs is 6. The van der Waals surface area contributed by atoms with E-state index in [1.54, 1.807) is 94.1 Å². The van der Waals surface area contributed by atoms with Crippen molar-refractivity contribution in [2.24, 2.45) is 0 Å². The summed E-state index contributed by atoms with van der Waals surface area (Å²) in [5.74, 6) is 0. The highest BCUT2D eigenvalue weighted by molar-refractivity contribution is 6.12. The van der Waals surface area contributed by atoms with Crippen LogP contribution in [0.2, 0.25) is 0 Å². The van der Waals surface area contributed by atoms with E-state index in [1.165, 1.54) is 0 Å². The van der Waals surface area contributed by atoms with Crippen molar-refractivity contribution in [2.75, 3.05) is 0 Å². The lowest BCUT2D eigenvalue weighted by Crippen LogP contribution is -2.01. The second-order valence-corrected chi connectivity index (χ2v) is 11.6. The van der Waals surface area contributed by atoms with Crippen molar-refractivity contribution in [1.82, 2.24) is 9.13 Å². The minimum Gasteiger partial charge on any atom is -0.309 e. The molecule has 0 saturated carbocycles. The Labute approximate surface area is 316 Å². The Balaban J connectivity index is 1.28. The number of aromatic nitrogens is 2. The van der Waals surface area contributed by atoms with Gasteiger partial charge in [-0.05, 0) is 70.7 Å². The molecule has 2 heteroatoms. The summed E-state index contributed by atoms with van der Waals surface area (Å²) < 4.78 is 159. The van der Waals surface area contributed by atoms with Crippen molar-refractivity contribution in [3.63, 3.8) is 0 Å². The van der Waals surface area contributed by atoms with Crippen LogP contribution < -0.4 is 0 Å². The lowest BCUT2D eigenvalue weighted by atomic mass is 10.0. The molecule has 0 aliphatic heterocycles. The Morgan fingerprint density at radius 1 is 0.320 bits per heavy atom. The smallest absolute Gasteiger partial charge is 0.0645 e. The number of rotatable bonds is 5. The van der Waals surface area contributed by atoms with Gasteiger partial charge in [-0.1, -0.05) is 145 Å². The predicted molar refractivity (Wildman–Crippen MR) is 211 cm³/mol. The number of para-hydroxylation sites is 4. The molecule has 0 fully saturated rings. The highest BCUT2D eigenvalue weighted by Crippen LogP contribution is 2.42. The molecule has 8 aromatic carbocycles. The molecule has 234 valence electrons. The summed E-state index contributed by atoms with van der Waals surface area (Å²) in [6, 6.07) is 15.2. The van der Waals surface area contributed by atoms with Gasteiger partial charge in [0.1, 0.15) is 0 Å². The molecular weight excluding hydrogens is 605 g/mol. The number of hydrogen-bond acceptors (Lipinski definition) is 0. The molecule has 0 spiro atoms. The Bertz CT molecular complexity index is 3600. The van der Waals surface area contributed by atoms with Crippen LogP contribution in [0.25, 0.3) is 88.4 Å². The third-order valence-corrected chi connectivity index (χ3v) is 8.95. The van der Waals surface area contributed by atoms with Gasteiger partial charge in [0.05, 0.1) is 58.1 Å². The summed E-state index contributed by atoms with van der Waals surface area (Å²) in [5, 5.41) is 0.869. The fourth-order valence-corrected chi connectivity index (χ4v) is 6.83. The molecule has 10 rings (SSSR count). The van der Waals surface area contributed by atoms with Gasteiger partial charge in [-0.2, -0.15) is 0 Å². The van der Waals surface area contributed by atoms with E-state index in [2.05, 4.69) is 0 Å². The van der Waals surface area contributed by atoms with Crippen LogP contribution in [0.5, 0.6) is 0 Å². The summed E-state index contributed by atoms with van der Waals surface area (Å²) in [5.41, 5.74) is 3.20. The fraction of sp³-hybridized carbons (Fsp3) is 0. The van der Waals surface area contributed by atoms with Crippen molar-refractivity contribution in [1.29, 1.82) is 0 Å². The van der Waals surface area contributed by atoms with Gasteiger partial charge in [0.2, 0.25) is 0 Å². The molecule has 10 aromatic rings. The van der Waals surface area contributed by atoms with Gasteiger partial charge in [0.15, 0.2) is 0 Å². The molecule has 2 aromatic heterocycles. The molecule has 0 radical (unpaired) electrons. The van der Waals surface area contributed by atoms with Crippen LogP contribution in [-0.4, -0.2) is 9.13 Å². The first-order valence-corrected chi connectivity index (χ1v) is 15.7. The van der Waals surface area contributed by atoms with Gasteiger partial charge >= 0.3 is 0 Å². The molecule has 0 saturated heterocycles. The van der Waals surface area contributed by atoms with E-state index in [1.807, 2.05) is 0 Å². The largest absolute Gasteiger partial charge is 0.309 e. The van der Waals surface area contributed by atoms with Gasteiger partial charge in [-0.3, -0.25) is 0 Å². The van der Waals surface area contributed by atoms with Crippen molar-refractivity contribution in [3.8, 4) is 44.8 Å². The van der Waals surface area contributed by atoms with E-state index < -0.39 is 84.6 Å². The zero-order chi connectivity index (χ0) is 48.7. The van der Waals surface area contributed by atoms with E-state index >= 15 is 0 Å². The van der Waals surface area contributed by atoms with Crippen molar-refractivity contribution < 1.29 is 24.7 Å². The van der Waals surface area contributed by atoms with Gasteiger partial charge in [0, 0.05) is 32.7 Å². The monoisotopic (exact) mass is 654 g/mol. The minimum atomic E-state index is -0.563. The second-order valence-electron chi connectivity index (χ2n) is 11.6. The van der Waals surface area contributed by atoms with E-state index in [9.17, 15) is 2.74 Å². The number of hydrogen-bond donors (Lipinski definition) is 0. The molecule has 0 unspecified atom stereocenters. The first-order valence-electron chi connectivity index (χ1n) is 24.7. The average Bonchev–Trinajstić information content (AvgIpc) is 3.87. The normalized spacial score (nSPS) is 16.6.